The average molecular weight is 279 g/mol. The van der Waals surface area contributed by atoms with Gasteiger partial charge in [-0.15, -0.1) is 0 Å². The van der Waals surface area contributed by atoms with Crippen molar-refractivity contribution < 1.29 is 14.2 Å². The molecule has 1 N–H and O–H groups in total. The van der Waals surface area contributed by atoms with Gasteiger partial charge in [-0.3, -0.25) is 0 Å². The van der Waals surface area contributed by atoms with Crippen molar-refractivity contribution in [1.82, 2.24) is 0 Å². The molecule has 2 nitrogen and oxygen atoms in total. The lowest BCUT2D eigenvalue weighted by atomic mass is 9.98. The van der Waals surface area contributed by atoms with Crippen molar-refractivity contribution in [3.8, 4) is 0 Å². The number of ether oxygens (including phenoxy) is 1. The van der Waals surface area contributed by atoms with Crippen LogP contribution >= 0.6 is 11.6 Å². The number of halogens is 2. The second-order valence-corrected chi connectivity index (χ2v) is 5.00. The highest BCUT2D eigenvalue weighted by Crippen LogP contribution is 2.28. The van der Waals surface area contributed by atoms with E-state index in [1.165, 1.54) is 12.1 Å². The third-order valence-corrected chi connectivity index (χ3v) is 3.63. The SMILES string of the molecule is OC(c1ccc(Cl)c(F)c1)c1ccc2c(c1)COC2. The van der Waals surface area contributed by atoms with E-state index < -0.39 is 11.9 Å². The maximum atomic E-state index is 13.4. The Hall–Kier alpha value is -1.42. The molecule has 1 heterocycles. The molecule has 3 rings (SSSR count). The summed E-state index contributed by atoms with van der Waals surface area (Å²) in [4.78, 5) is 0. The lowest BCUT2D eigenvalue weighted by Crippen LogP contribution is -2.01. The maximum Gasteiger partial charge on any atom is 0.142 e. The van der Waals surface area contributed by atoms with Crippen LogP contribution in [0.3, 0.4) is 0 Å². The standard InChI is InChI=1S/C15H12ClFO2/c16-13-4-3-10(6-14(13)17)15(18)9-1-2-11-7-19-8-12(11)5-9/h1-6,15,18H,7-8H2. The van der Waals surface area contributed by atoms with Crippen molar-refractivity contribution in [2.24, 2.45) is 0 Å². The highest BCUT2D eigenvalue weighted by atomic mass is 35.5. The summed E-state index contributed by atoms with van der Waals surface area (Å²) in [7, 11) is 0. The first-order valence-corrected chi connectivity index (χ1v) is 6.35. The predicted molar refractivity (Wildman–Crippen MR) is 70.4 cm³/mol. The molecule has 0 bridgehead atoms. The number of rotatable bonds is 2. The fraction of sp³-hybridized carbons (Fsp3) is 0.200. The van der Waals surface area contributed by atoms with Crippen LogP contribution in [0.15, 0.2) is 36.4 Å². The molecule has 98 valence electrons. The summed E-state index contributed by atoms with van der Waals surface area (Å²) in [6.07, 6.45) is -0.863. The van der Waals surface area contributed by atoms with Crippen molar-refractivity contribution in [3.63, 3.8) is 0 Å². The van der Waals surface area contributed by atoms with E-state index in [4.69, 9.17) is 16.3 Å². The largest absolute Gasteiger partial charge is 0.384 e. The monoisotopic (exact) mass is 278 g/mol. The van der Waals surface area contributed by atoms with Gasteiger partial charge in [-0.05, 0) is 34.4 Å². The maximum absolute atomic E-state index is 13.4. The summed E-state index contributed by atoms with van der Waals surface area (Å²) in [5, 5.41) is 10.3. The summed E-state index contributed by atoms with van der Waals surface area (Å²) in [6.45, 7) is 1.17. The van der Waals surface area contributed by atoms with Gasteiger partial charge in [-0.2, -0.15) is 0 Å². The molecular weight excluding hydrogens is 267 g/mol. The fourth-order valence-corrected chi connectivity index (χ4v) is 2.35. The molecule has 1 aliphatic heterocycles. The van der Waals surface area contributed by atoms with E-state index in [1.807, 2.05) is 18.2 Å². The van der Waals surface area contributed by atoms with Crippen molar-refractivity contribution in [2.45, 2.75) is 19.3 Å². The number of hydrogen-bond acceptors (Lipinski definition) is 2. The predicted octanol–water partition coefficient (Wildman–Crippen LogP) is 3.59. The number of aliphatic hydroxyl groups excluding tert-OH is 1. The minimum Gasteiger partial charge on any atom is -0.384 e. The van der Waals surface area contributed by atoms with E-state index in [2.05, 4.69) is 0 Å². The first-order chi connectivity index (χ1) is 9.15. The lowest BCUT2D eigenvalue weighted by molar-refractivity contribution is 0.134. The Morgan fingerprint density at radius 1 is 1.05 bits per heavy atom. The summed E-state index contributed by atoms with van der Waals surface area (Å²) in [6, 6.07) is 10.0. The molecule has 2 aromatic rings. The van der Waals surface area contributed by atoms with E-state index >= 15 is 0 Å². The van der Waals surface area contributed by atoms with Gasteiger partial charge in [0, 0.05) is 0 Å². The van der Waals surface area contributed by atoms with E-state index in [0.29, 0.717) is 18.8 Å². The molecule has 1 unspecified atom stereocenters. The van der Waals surface area contributed by atoms with Gasteiger partial charge in [0.05, 0.1) is 18.2 Å². The number of fused-ring (bicyclic) bond motifs is 1. The highest BCUT2D eigenvalue weighted by Gasteiger charge is 2.16. The minimum atomic E-state index is -0.863. The summed E-state index contributed by atoms with van der Waals surface area (Å²) >= 11 is 5.63. The zero-order chi connectivity index (χ0) is 13.4. The second-order valence-electron chi connectivity index (χ2n) is 4.60. The Morgan fingerprint density at radius 3 is 2.53 bits per heavy atom. The first kappa shape index (κ1) is 12.6. The minimum absolute atomic E-state index is 0.0540. The third-order valence-electron chi connectivity index (χ3n) is 3.32. The van der Waals surface area contributed by atoms with Crippen molar-refractivity contribution in [2.75, 3.05) is 0 Å². The van der Waals surface area contributed by atoms with E-state index in [-0.39, 0.29) is 5.02 Å². The summed E-state index contributed by atoms with van der Waals surface area (Å²) in [5.41, 5.74) is 3.43. The molecule has 0 aromatic heterocycles. The number of aliphatic hydroxyl groups is 1. The van der Waals surface area contributed by atoms with E-state index in [9.17, 15) is 9.50 Å². The van der Waals surface area contributed by atoms with Crippen molar-refractivity contribution >= 4 is 11.6 Å². The molecule has 2 aromatic carbocycles. The molecule has 4 heteroatoms. The second kappa shape index (κ2) is 4.93. The van der Waals surface area contributed by atoms with Gasteiger partial charge in [-0.25, -0.2) is 4.39 Å². The number of benzene rings is 2. The molecule has 0 saturated heterocycles. The molecular formula is C15H12ClFO2. The molecule has 19 heavy (non-hydrogen) atoms. The average Bonchev–Trinajstić information content (AvgIpc) is 2.88. The highest BCUT2D eigenvalue weighted by molar-refractivity contribution is 6.30. The van der Waals surface area contributed by atoms with Crippen LogP contribution in [0.5, 0.6) is 0 Å². The Morgan fingerprint density at radius 2 is 1.74 bits per heavy atom. The molecule has 0 amide bonds. The van der Waals surface area contributed by atoms with Crippen LogP contribution in [0.2, 0.25) is 5.02 Å². The van der Waals surface area contributed by atoms with Crippen LogP contribution < -0.4 is 0 Å². The van der Waals surface area contributed by atoms with Gasteiger partial charge in [0.25, 0.3) is 0 Å². The normalized spacial score (nSPS) is 15.3. The van der Waals surface area contributed by atoms with Crippen molar-refractivity contribution in [1.29, 1.82) is 0 Å². The topological polar surface area (TPSA) is 29.5 Å². The molecule has 0 spiro atoms. The van der Waals surface area contributed by atoms with Crippen LogP contribution in [-0.2, 0) is 18.0 Å². The van der Waals surface area contributed by atoms with Gasteiger partial charge >= 0.3 is 0 Å². The third kappa shape index (κ3) is 2.37. The Kier molecular flexibility index (Phi) is 3.27. The van der Waals surface area contributed by atoms with Crippen LogP contribution in [0.25, 0.3) is 0 Å². The molecule has 1 atom stereocenters. The number of hydrogen-bond donors (Lipinski definition) is 1. The first-order valence-electron chi connectivity index (χ1n) is 5.97. The summed E-state index contributed by atoms with van der Waals surface area (Å²) in [5.74, 6) is -0.525. The zero-order valence-electron chi connectivity index (χ0n) is 10.1. The Balaban J connectivity index is 1.94. The zero-order valence-corrected chi connectivity index (χ0v) is 10.8. The molecule has 1 aliphatic rings. The molecule has 0 saturated carbocycles. The Bertz CT molecular complexity index is 628. The fourth-order valence-electron chi connectivity index (χ4n) is 2.24. The van der Waals surface area contributed by atoms with Gasteiger partial charge in [-0.1, -0.05) is 35.9 Å². The molecule has 0 radical (unpaired) electrons. The molecule has 0 fully saturated rings. The van der Waals surface area contributed by atoms with Gasteiger partial charge in [0.2, 0.25) is 0 Å². The van der Waals surface area contributed by atoms with Crippen molar-refractivity contribution in [3.05, 3.63) is 69.5 Å². The van der Waals surface area contributed by atoms with Gasteiger partial charge in [0.15, 0.2) is 0 Å². The van der Waals surface area contributed by atoms with Crippen LogP contribution in [0.1, 0.15) is 28.4 Å². The lowest BCUT2D eigenvalue weighted by Gasteiger charge is -2.13. The van der Waals surface area contributed by atoms with E-state index in [0.717, 1.165) is 16.7 Å². The smallest absolute Gasteiger partial charge is 0.142 e. The summed E-state index contributed by atoms with van der Waals surface area (Å²) < 4.78 is 18.7. The van der Waals surface area contributed by atoms with Crippen LogP contribution in [-0.4, -0.2) is 5.11 Å². The van der Waals surface area contributed by atoms with Gasteiger partial charge in [0.1, 0.15) is 11.9 Å². The van der Waals surface area contributed by atoms with Crippen LogP contribution in [0.4, 0.5) is 4.39 Å². The Labute approximate surface area is 115 Å². The van der Waals surface area contributed by atoms with Crippen LogP contribution in [0, 0.1) is 5.82 Å². The molecule has 0 aliphatic carbocycles. The van der Waals surface area contributed by atoms with E-state index in [1.54, 1.807) is 6.07 Å². The quantitative estimate of drug-likeness (QED) is 0.910. The van der Waals surface area contributed by atoms with Gasteiger partial charge < -0.3 is 9.84 Å².